The Kier molecular flexibility index (Phi) is 6.65. The van der Waals surface area contributed by atoms with Crippen LogP contribution in [0, 0.1) is 5.39 Å². The van der Waals surface area contributed by atoms with E-state index < -0.39 is 32.6 Å². The Labute approximate surface area is 129 Å². The fourth-order valence-electron chi connectivity index (χ4n) is 1.26. The quantitative estimate of drug-likeness (QED) is 0.221. The summed E-state index contributed by atoms with van der Waals surface area (Å²) in [5.41, 5.74) is -0.0600. The highest BCUT2D eigenvalue weighted by atomic mass is 32.3. The van der Waals surface area contributed by atoms with Crippen LogP contribution in [0.15, 0.2) is 28.0 Å². The molecule has 0 aliphatic heterocycles. The van der Waals surface area contributed by atoms with E-state index in [1.165, 1.54) is 0 Å². The van der Waals surface area contributed by atoms with E-state index in [-0.39, 0.29) is 15.5 Å². The third-order valence-corrected chi connectivity index (χ3v) is 4.91. The summed E-state index contributed by atoms with van der Waals surface area (Å²) in [5.74, 6) is -0.732. The highest BCUT2D eigenvalue weighted by Gasteiger charge is 2.22. The van der Waals surface area contributed by atoms with Crippen molar-refractivity contribution in [2.45, 2.75) is 9.79 Å². The molecule has 0 aliphatic carbocycles. The first-order valence-corrected chi connectivity index (χ1v) is 8.94. The molecular formula is C8H9N2O9S3+. The van der Waals surface area contributed by atoms with Crippen LogP contribution in [0.25, 0.3) is 4.98 Å². The minimum atomic E-state index is -4.74. The van der Waals surface area contributed by atoms with Crippen molar-refractivity contribution in [2.75, 3.05) is 12.4 Å². The Morgan fingerprint density at radius 3 is 2.50 bits per heavy atom. The Balaban J connectivity index is 2.97. The third-order valence-electron chi connectivity index (χ3n) is 2.14. The predicted octanol–water partition coefficient (Wildman–Crippen LogP) is 1.19. The van der Waals surface area contributed by atoms with Crippen LogP contribution in [0.5, 0.6) is 0 Å². The van der Waals surface area contributed by atoms with Gasteiger partial charge in [-0.05, 0) is 12.1 Å². The van der Waals surface area contributed by atoms with E-state index >= 15 is 0 Å². The topological polar surface area (TPSA) is 165 Å². The van der Waals surface area contributed by atoms with E-state index in [1.54, 1.807) is 0 Å². The molecule has 0 fully saturated rings. The number of rotatable bonds is 8. The van der Waals surface area contributed by atoms with Gasteiger partial charge in [-0.25, -0.2) is 17.9 Å². The number of hydrogen-bond donors (Lipinski definition) is 2. The summed E-state index contributed by atoms with van der Waals surface area (Å²) in [6, 6.07) is 3.28. The molecule has 1 aromatic rings. The number of hydrogen-bond acceptors (Lipinski definition) is 10. The molecule has 0 heterocycles. The first-order chi connectivity index (χ1) is 10.2. The highest BCUT2D eigenvalue weighted by Crippen LogP contribution is 2.32. The molecule has 0 aromatic heterocycles. The molecule has 0 bridgehead atoms. The maximum absolute atomic E-state index is 12.0. The zero-order valence-corrected chi connectivity index (χ0v) is 13.0. The molecule has 14 heteroatoms. The summed E-state index contributed by atoms with van der Waals surface area (Å²) in [4.78, 5) is 2.60. The molecule has 0 spiro atoms. The second-order valence-corrected chi connectivity index (χ2v) is 7.47. The monoisotopic (exact) mass is 373 g/mol. The zero-order valence-electron chi connectivity index (χ0n) is 10.5. The predicted molar refractivity (Wildman–Crippen MR) is 71.4 cm³/mol. The molecule has 11 nitrogen and oxygen atoms in total. The second-order valence-electron chi connectivity index (χ2n) is 3.52. The van der Waals surface area contributed by atoms with Gasteiger partial charge in [-0.1, -0.05) is 5.04 Å². The lowest BCUT2D eigenvalue weighted by atomic mass is 10.3. The molecule has 2 N–H and O–H groups in total. The molecule has 22 heavy (non-hydrogen) atoms. The van der Waals surface area contributed by atoms with Crippen molar-refractivity contribution in [3.63, 3.8) is 0 Å². The molecule has 0 saturated carbocycles. The molecule has 0 amide bonds. The van der Waals surface area contributed by atoms with Crippen LogP contribution in [0.4, 0.5) is 5.69 Å². The van der Waals surface area contributed by atoms with Crippen molar-refractivity contribution in [2.24, 2.45) is 0 Å². The van der Waals surface area contributed by atoms with Crippen molar-refractivity contribution in [1.82, 2.24) is 0 Å². The van der Waals surface area contributed by atoms with Crippen LogP contribution in [-0.2, 0) is 33.8 Å². The van der Waals surface area contributed by atoms with Crippen LogP contribution < -0.4 is 0 Å². The Bertz CT molecular complexity index is 769. The molecule has 122 valence electrons. The minimum Gasteiger partial charge on any atom is -0.264 e. The largest absolute Gasteiger partial charge is 0.400 e. The Morgan fingerprint density at radius 2 is 1.95 bits per heavy atom. The molecule has 0 radical (unpaired) electrons. The lowest BCUT2D eigenvalue weighted by molar-refractivity contribution is -0.432. The standard InChI is InChI=1S/C8H8N2O9S3/c9-10-7-2-1-6(5-8(7)20-19-18-11)21(12,13)4-3-17-22(14,15)16/h1-2,5H,3-4H2,(H-,11,14,15,16)/p+1. The van der Waals surface area contributed by atoms with Gasteiger partial charge in [0, 0.05) is 6.07 Å². The van der Waals surface area contributed by atoms with Crippen LogP contribution in [0.1, 0.15) is 0 Å². The van der Waals surface area contributed by atoms with Crippen LogP contribution >= 0.6 is 12.0 Å². The molecule has 0 unspecified atom stereocenters. The summed E-state index contributed by atoms with van der Waals surface area (Å²) in [6.07, 6.45) is 0. The van der Waals surface area contributed by atoms with Crippen molar-refractivity contribution < 1.29 is 40.2 Å². The highest BCUT2D eigenvalue weighted by molar-refractivity contribution is 7.95. The average molecular weight is 373 g/mol. The summed E-state index contributed by atoms with van der Waals surface area (Å²) >= 11 is 0.372. The molecule has 1 aromatic carbocycles. The molecule has 0 atom stereocenters. The first-order valence-electron chi connectivity index (χ1n) is 5.18. The lowest BCUT2D eigenvalue weighted by Gasteiger charge is -2.04. The fourth-order valence-corrected chi connectivity index (χ4v) is 3.31. The molecular weight excluding hydrogens is 364 g/mol. The van der Waals surface area contributed by atoms with Crippen LogP contribution in [0.2, 0.25) is 0 Å². The smallest absolute Gasteiger partial charge is 0.264 e. The maximum Gasteiger partial charge on any atom is 0.400 e. The average Bonchev–Trinajstić information content (AvgIpc) is 2.43. The van der Waals surface area contributed by atoms with Gasteiger partial charge in [-0.3, -0.25) is 4.55 Å². The van der Waals surface area contributed by atoms with Crippen molar-refractivity contribution in [3.05, 3.63) is 23.2 Å². The van der Waals surface area contributed by atoms with Gasteiger partial charge in [-0.2, -0.15) is 8.42 Å². The minimum absolute atomic E-state index is 0.00618. The van der Waals surface area contributed by atoms with E-state index in [0.717, 1.165) is 18.2 Å². The summed E-state index contributed by atoms with van der Waals surface area (Å²) in [7, 11) is -8.69. The van der Waals surface area contributed by atoms with Gasteiger partial charge >= 0.3 is 16.1 Å². The normalized spacial score (nSPS) is 12.0. The first kappa shape index (κ1) is 18.7. The van der Waals surface area contributed by atoms with E-state index in [1.807, 2.05) is 0 Å². The van der Waals surface area contributed by atoms with Gasteiger partial charge in [0.25, 0.3) is 0 Å². The van der Waals surface area contributed by atoms with Gasteiger partial charge in [0.1, 0.15) is 4.90 Å². The Morgan fingerprint density at radius 1 is 1.27 bits per heavy atom. The summed E-state index contributed by atoms with van der Waals surface area (Å²) < 4.78 is 61.0. The maximum atomic E-state index is 12.0. The van der Waals surface area contributed by atoms with Gasteiger partial charge in [0.15, 0.2) is 14.8 Å². The second kappa shape index (κ2) is 7.80. The van der Waals surface area contributed by atoms with E-state index in [0.29, 0.717) is 12.0 Å². The van der Waals surface area contributed by atoms with Gasteiger partial charge in [-0.15, -0.1) is 4.33 Å². The van der Waals surface area contributed by atoms with Crippen molar-refractivity contribution in [1.29, 1.82) is 5.39 Å². The van der Waals surface area contributed by atoms with E-state index in [9.17, 15) is 16.8 Å². The van der Waals surface area contributed by atoms with Crippen LogP contribution in [-0.4, -0.2) is 39.0 Å². The zero-order chi connectivity index (χ0) is 16.8. The number of sulfone groups is 1. The van der Waals surface area contributed by atoms with Gasteiger partial charge in [0.2, 0.25) is 5.39 Å². The summed E-state index contributed by atoms with van der Waals surface area (Å²) in [5, 5.41) is 20.1. The van der Waals surface area contributed by atoms with Crippen LogP contribution in [0.3, 0.4) is 0 Å². The van der Waals surface area contributed by atoms with Gasteiger partial charge < -0.3 is 0 Å². The molecule has 0 saturated heterocycles. The number of nitrogens with zero attached hydrogens (tertiary/aromatic N) is 2. The molecule has 0 aliphatic rings. The lowest BCUT2D eigenvalue weighted by Crippen LogP contribution is -2.15. The number of diazo groups is 1. The van der Waals surface area contributed by atoms with E-state index in [4.69, 9.17) is 15.2 Å². The third kappa shape index (κ3) is 5.82. The summed E-state index contributed by atoms with van der Waals surface area (Å²) in [6.45, 7) is -0.786. The van der Waals surface area contributed by atoms with Gasteiger partial charge in [0.05, 0.1) is 29.3 Å². The Hall–Kier alpha value is -1.31. The molecule has 1 rings (SSSR count). The SMILES string of the molecule is N#[N+]c1ccc(S(=O)(=O)CCOS(=O)(=O)O)cc1SOOO. The number of benzene rings is 1. The van der Waals surface area contributed by atoms with Crippen molar-refractivity contribution >= 4 is 38.0 Å². The van der Waals surface area contributed by atoms with Crippen molar-refractivity contribution in [3.8, 4) is 0 Å². The van der Waals surface area contributed by atoms with E-state index in [2.05, 4.69) is 18.5 Å². The fraction of sp³-hybridized carbons (Fsp3) is 0.250.